The van der Waals surface area contributed by atoms with E-state index in [4.69, 9.17) is 23.2 Å². The SMILES string of the molecule is Cc1nc(NC(C)(C)C)cc(C(=O)Nc2ccc(Cl)c(Cl)c2)n1. The number of carbonyl (C=O) groups is 1. The highest BCUT2D eigenvalue weighted by molar-refractivity contribution is 6.42. The van der Waals surface area contributed by atoms with Crippen LogP contribution in [0, 0.1) is 6.92 Å². The first-order valence-electron chi connectivity index (χ1n) is 7.04. The fraction of sp³-hybridized carbons (Fsp3) is 0.312. The van der Waals surface area contributed by atoms with E-state index in [-0.39, 0.29) is 17.1 Å². The number of hydrogen-bond donors (Lipinski definition) is 2. The molecule has 0 bridgehead atoms. The van der Waals surface area contributed by atoms with E-state index < -0.39 is 0 Å². The Morgan fingerprint density at radius 1 is 1.09 bits per heavy atom. The second-order valence-corrected chi connectivity index (χ2v) is 6.96. The molecule has 0 atom stereocenters. The summed E-state index contributed by atoms with van der Waals surface area (Å²) in [6, 6.07) is 6.50. The van der Waals surface area contributed by atoms with Gasteiger partial charge in [-0.1, -0.05) is 23.2 Å². The molecule has 2 rings (SSSR count). The van der Waals surface area contributed by atoms with E-state index >= 15 is 0 Å². The Kier molecular flexibility index (Phi) is 5.12. The summed E-state index contributed by atoms with van der Waals surface area (Å²) in [5.41, 5.74) is 0.652. The van der Waals surface area contributed by atoms with Gasteiger partial charge in [0.1, 0.15) is 17.3 Å². The van der Waals surface area contributed by atoms with E-state index in [0.717, 1.165) is 0 Å². The summed E-state index contributed by atoms with van der Waals surface area (Å²) < 4.78 is 0. The smallest absolute Gasteiger partial charge is 0.274 e. The van der Waals surface area contributed by atoms with Gasteiger partial charge in [-0.2, -0.15) is 0 Å². The maximum atomic E-state index is 12.4. The van der Waals surface area contributed by atoms with Gasteiger partial charge >= 0.3 is 0 Å². The van der Waals surface area contributed by atoms with Gasteiger partial charge in [0.05, 0.1) is 10.0 Å². The van der Waals surface area contributed by atoms with Crippen molar-refractivity contribution in [1.82, 2.24) is 9.97 Å². The molecule has 0 aliphatic carbocycles. The summed E-state index contributed by atoms with van der Waals surface area (Å²) in [6.07, 6.45) is 0. The number of benzene rings is 1. The van der Waals surface area contributed by atoms with Crippen LogP contribution in [0.4, 0.5) is 11.5 Å². The molecule has 0 saturated carbocycles. The van der Waals surface area contributed by atoms with Crippen molar-refractivity contribution in [2.75, 3.05) is 10.6 Å². The zero-order valence-electron chi connectivity index (χ0n) is 13.4. The number of hydrogen-bond acceptors (Lipinski definition) is 4. The van der Waals surface area contributed by atoms with Gasteiger partial charge in [0, 0.05) is 17.3 Å². The summed E-state index contributed by atoms with van der Waals surface area (Å²) in [4.78, 5) is 20.8. The molecule has 0 fully saturated rings. The summed E-state index contributed by atoms with van der Waals surface area (Å²) in [6.45, 7) is 7.78. The topological polar surface area (TPSA) is 66.9 Å². The van der Waals surface area contributed by atoms with E-state index in [1.165, 1.54) is 0 Å². The van der Waals surface area contributed by atoms with Gasteiger partial charge < -0.3 is 10.6 Å². The first-order valence-corrected chi connectivity index (χ1v) is 7.80. The number of nitrogens with one attached hydrogen (secondary N) is 2. The van der Waals surface area contributed by atoms with Crippen LogP contribution in [-0.4, -0.2) is 21.4 Å². The van der Waals surface area contributed by atoms with Gasteiger partial charge in [-0.05, 0) is 45.9 Å². The van der Waals surface area contributed by atoms with Gasteiger partial charge in [0.15, 0.2) is 0 Å². The number of rotatable bonds is 3. The minimum absolute atomic E-state index is 0.168. The molecule has 0 saturated heterocycles. The van der Waals surface area contributed by atoms with Crippen molar-refractivity contribution in [2.45, 2.75) is 33.2 Å². The van der Waals surface area contributed by atoms with Crippen molar-refractivity contribution in [3.8, 4) is 0 Å². The molecule has 23 heavy (non-hydrogen) atoms. The van der Waals surface area contributed by atoms with Gasteiger partial charge in [-0.25, -0.2) is 9.97 Å². The fourth-order valence-corrected chi connectivity index (χ4v) is 2.20. The van der Waals surface area contributed by atoms with Gasteiger partial charge in [-0.15, -0.1) is 0 Å². The van der Waals surface area contributed by atoms with Crippen LogP contribution in [0.3, 0.4) is 0 Å². The van der Waals surface area contributed by atoms with Crippen LogP contribution in [0.25, 0.3) is 0 Å². The first kappa shape index (κ1) is 17.5. The molecule has 0 aliphatic heterocycles. The Bertz CT molecular complexity index is 741. The Hall–Kier alpha value is -1.85. The van der Waals surface area contributed by atoms with E-state index in [1.54, 1.807) is 31.2 Å². The van der Waals surface area contributed by atoms with Crippen LogP contribution in [0.1, 0.15) is 37.1 Å². The molecule has 0 unspecified atom stereocenters. The Morgan fingerprint density at radius 2 is 1.78 bits per heavy atom. The van der Waals surface area contributed by atoms with E-state index in [0.29, 0.717) is 27.4 Å². The van der Waals surface area contributed by atoms with E-state index in [1.807, 2.05) is 20.8 Å². The lowest BCUT2D eigenvalue weighted by atomic mass is 10.1. The molecule has 0 aliphatic rings. The predicted octanol–water partition coefficient (Wildman–Crippen LogP) is 4.55. The quantitative estimate of drug-likeness (QED) is 0.849. The third kappa shape index (κ3) is 5.08. The van der Waals surface area contributed by atoms with Crippen LogP contribution in [0.15, 0.2) is 24.3 Å². The zero-order chi connectivity index (χ0) is 17.2. The third-order valence-electron chi connectivity index (χ3n) is 2.75. The Morgan fingerprint density at radius 3 is 2.39 bits per heavy atom. The number of anilines is 2. The molecule has 2 aromatic rings. The average Bonchev–Trinajstić information content (AvgIpc) is 2.40. The van der Waals surface area contributed by atoms with E-state index in [2.05, 4.69) is 20.6 Å². The van der Waals surface area contributed by atoms with E-state index in [9.17, 15) is 4.79 Å². The highest BCUT2D eigenvalue weighted by atomic mass is 35.5. The lowest BCUT2D eigenvalue weighted by molar-refractivity contribution is 0.102. The van der Waals surface area contributed by atoms with Crippen LogP contribution < -0.4 is 10.6 Å². The monoisotopic (exact) mass is 352 g/mol. The number of nitrogens with zero attached hydrogens (tertiary/aromatic N) is 2. The molecule has 0 radical (unpaired) electrons. The van der Waals surface area contributed by atoms with Gasteiger partial charge in [0.25, 0.3) is 5.91 Å². The van der Waals surface area contributed by atoms with Crippen molar-refractivity contribution in [1.29, 1.82) is 0 Å². The normalized spacial score (nSPS) is 11.2. The van der Waals surface area contributed by atoms with Crippen molar-refractivity contribution in [3.05, 3.63) is 45.8 Å². The van der Waals surface area contributed by atoms with Crippen molar-refractivity contribution >= 4 is 40.6 Å². The van der Waals surface area contributed by atoms with Gasteiger partial charge in [0.2, 0.25) is 0 Å². The Balaban J connectivity index is 2.23. The molecule has 1 heterocycles. The maximum absolute atomic E-state index is 12.4. The number of aromatic nitrogens is 2. The second-order valence-electron chi connectivity index (χ2n) is 6.14. The third-order valence-corrected chi connectivity index (χ3v) is 3.49. The van der Waals surface area contributed by atoms with Crippen molar-refractivity contribution < 1.29 is 4.79 Å². The van der Waals surface area contributed by atoms with Crippen molar-refractivity contribution in [2.24, 2.45) is 0 Å². The summed E-state index contributed by atoms with van der Waals surface area (Å²) in [5.74, 6) is 0.772. The second kappa shape index (κ2) is 6.72. The lowest BCUT2D eigenvalue weighted by Gasteiger charge is -2.21. The van der Waals surface area contributed by atoms with Crippen LogP contribution >= 0.6 is 23.2 Å². The molecular formula is C16H18Cl2N4O. The zero-order valence-corrected chi connectivity index (χ0v) is 14.9. The molecule has 7 heteroatoms. The minimum atomic E-state index is -0.342. The molecule has 122 valence electrons. The lowest BCUT2D eigenvalue weighted by Crippen LogP contribution is -2.27. The Labute approximate surface area is 145 Å². The molecule has 2 N–H and O–H groups in total. The molecule has 5 nitrogen and oxygen atoms in total. The van der Waals surface area contributed by atoms with Crippen molar-refractivity contribution in [3.63, 3.8) is 0 Å². The number of halogens is 2. The summed E-state index contributed by atoms with van der Waals surface area (Å²) in [7, 11) is 0. The number of amides is 1. The molecule has 1 amide bonds. The highest BCUT2D eigenvalue weighted by Crippen LogP contribution is 2.25. The highest BCUT2D eigenvalue weighted by Gasteiger charge is 2.15. The summed E-state index contributed by atoms with van der Waals surface area (Å²) in [5, 5.41) is 6.77. The predicted molar refractivity (Wildman–Crippen MR) is 94.6 cm³/mol. The van der Waals surface area contributed by atoms with Crippen LogP contribution in [0.5, 0.6) is 0 Å². The number of carbonyl (C=O) groups excluding carboxylic acids is 1. The minimum Gasteiger partial charge on any atom is -0.365 e. The first-order chi connectivity index (χ1) is 10.6. The summed E-state index contributed by atoms with van der Waals surface area (Å²) >= 11 is 11.8. The molecule has 1 aromatic carbocycles. The van der Waals surface area contributed by atoms with Gasteiger partial charge in [-0.3, -0.25) is 4.79 Å². The standard InChI is InChI=1S/C16H18Cl2N4O/c1-9-19-13(8-14(20-9)22-16(2,3)4)15(23)21-10-5-6-11(17)12(18)7-10/h5-8H,1-4H3,(H,21,23)(H,19,20,22). The molecule has 1 aromatic heterocycles. The molecule has 0 spiro atoms. The average molecular weight is 353 g/mol. The molecular weight excluding hydrogens is 335 g/mol. The van der Waals surface area contributed by atoms with Crippen LogP contribution in [0.2, 0.25) is 10.0 Å². The van der Waals surface area contributed by atoms with Crippen LogP contribution in [-0.2, 0) is 0 Å². The maximum Gasteiger partial charge on any atom is 0.274 e. The number of aryl methyl sites for hydroxylation is 1. The fourth-order valence-electron chi connectivity index (χ4n) is 1.90. The largest absolute Gasteiger partial charge is 0.365 e.